The molecular weight excluding hydrogens is 340 g/mol. The number of hydrogen-bond donors (Lipinski definition) is 1. The summed E-state index contributed by atoms with van der Waals surface area (Å²) in [5.41, 5.74) is -0.515. The lowest BCUT2D eigenvalue weighted by molar-refractivity contribution is -0.159. The second kappa shape index (κ2) is 7.95. The minimum absolute atomic E-state index is 0.187. The Morgan fingerprint density at radius 3 is 2.96 bits per heavy atom. The van der Waals surface area contributed by atoms with Crippen molar-refractivity contribution in [2.75, 3.05) is 19.7 Å². The highest BCUT2D eigenvalue weighted by atomic mass is 19.1. The number of piperidine rings is 1. The third-order valence-electron chi connectivity index (χ3n) is 4.84. The van der Waals surface area contributed by atoms with Crippen molar-refractivity contribution in [3.8, 4) is 0 Å². The number of H-pyrrole nitrogens is 1. The van der Waals surface area contributed by atoms with Crippen LogP contribution in [0.2, 0.25) is 0 Å². The molecule has 0 amide bonds. The number of nitrogens with one attached hydrogen (secondary N) is 1. The number of hydrogen-bond acceptors (Lipinski definition) is 4. The van der Waals surface area contributed by atoms with Crippen molar-refractivity contribution in [2.24, 2.45) is 5.41 Å². The monoisotopic (exact) mass is 363 g/mol. The molecule has 1 atom stereocenters. The highest BCUT2D eigenvalue weighted by Gasteiger charge is 2.44. The summed E-state index contributed by atoms with van der Waals surface area (Å²) in [4.78, 5) is 22.2. The van der Waals surface area contributed by atoms with E-state index >= 15 is 0 Å². The molecule has 3 rings (SSSR count). The quantitative estimate of drug-likeness (QED) is 0.802. The number of likely N-dealkylation sites (tertiary alicyclic amines) is 1. The first kappa shape index (κ1) is 18.5. The molecule has 0 bridgehead atoms. The van der Waals surface area contributed by atoms with Gasteiger partial charge in [-0.3, -0.25) is 9.69 Å². The summed E-state index contributed by atoms with van der Waals surface area (Å²) in [6, 6.07) is 3.50. The Balaban J connectivity index is 1.84. The van der Waals surface area contributed by atoms with E-state index in [0.29, 0.717) is 25.1 Å². The molecule has 1 fully saturated rings. The van der Waals surface area contributed by atoms with Crippen LogP contribution in [0.3, 0.4) is 0 Å². The number of carbonyl (C=O) groups is 1. The maximum absolute atomic E-state index is 14.2. The van der Waals surface area contributed by atoms with Gasteiger partial charge in [-0.2, -0.15) is 0 Å². The van der Waals surface area contributed by atoms with Crippen molar-refractivity contribution in [3.63, 3.8) is 0 Å². The molecule has 1 N–H and O–H groups in total. The van der Waals surface area contributed by atoms with Gasteiger partial charge < -0.3 is 9.72 Å². The predicted octanol–water partition coefficient (Wildman–Crippen LogP) is 3.08. The molecule has 0 spiro atoms. The van der Waals surface area contributed by atoms with Crippen LogP contribution in [0.25, 0.3) is 0 Å². The van der Waals surface area contributed by atoms with Crippen LogP contribution in [0.5, 0.6) is 0 Å². The van der Waals surface area contributed by atoms with Gasteiger partial charge in [-0.25, -0.2) is 13.8 Å². The molecule has 1 unspecified atom stereocenters. The van der Waals surface area contributed by atoms with E-state index < -0.39 is 17.0 Å². The van der Waals surface area contributed by atoms with Gasteiger partial charge in [0, 0.05) is 25.0 Å². The van der Waals surface area contributed by atoms with E-state index in [1.807, 2.05) is 0 Å². The summed E-state index contributed by atoms with van der Waals surface area (Å²) in [6.07, 6.45) is 5.03. The summed E-state index contributed by atoms with van der Waals surface area (Å²) < 4.78 is 32.7. The summed E-state index contributed by atoms with van der Waals surface area (Å²) in [7, 11) is 0. The van der Waals surface area contributed by atoms with Crippen LogP contribution < -0.4 is 0 Å². The number of ether oxygens (including phenoxy) is 1. The Hall–Kier alpha value is -2.28. The van der Waals surface area contributed by atoms with E-state index in [-0.39, 0.29) is 19.0 Å². The fourth-order valence-electron chi connectivity index (χ4n) is 3.66. The summed E-state index contributed by atoms with van der Waals surface area (Å²) in [6.45, 7) is 3.88. The van der Waals surface area contributed by atoms with Gasteiger partial charge in [-0.1, -0.05) is 6.07 Å². The lowest BCUT2D eigenvalue weighted by Gasteiger charge is -2.40. The maximum Gasteiger partial charge on any atom is 0.313 e. The van der Waals surface area contributed by atoms with Gasteiger partial charge in [0.25, 0.3) is 0 Å². The Morgan fingerprint density at radius 2 is 2.27 bits per heavy atom. The number of halogens is 2. The Kier molecular flexibility index (Phi) is 5.66. The van der Waals surface area contributed by atoms with Gasteiger partial charge in [0.15, 0.2) is 0 Å². The molecule has 0 radical (unpaired) electrons. The average molecular weight is 363 g/mol. The number of carbonyl (C=O) groups excluding carboxylic acids is 1. The summed E-state index contributed by atoms with van der Waals surface area (Å²) in [5, 5.41) is 0. The summed E-state index contributed by atoms with van der Waals surface area (Å²) in [5.74, 6) is -0.762. The van der Waals surface area contributed by atoms with Crippen molar-refractivity contribution in [1.29, 1.82) is 0 Å². The zero-order chi connectivity index (χ0) is 18.6. The molecule has 7 heteroatoms. The fraction of sp³-hybridized carbons (Fsp3) is 0.474. The molecule has 0 aliphatic carbocycles. The number of imidazole rings is 1. The number of aromatic amines is 1. The standard InChI is InChI=1S/C19H23F2N3O2/c1-2-26-18(25)19(11-14-4-5-15(20)10-16(14)21)6-3-9-24(13-19)12-17-22-7-8-23-17/h4-5,7-8,10H,2-3,6,9,11-13H2,1H3,(H,22,23). The normalized spacial score (nSPS) is 20.9. The molecule has 5 nitrogen and oxygen atoms in total. The van der Waals surface area contributed by atoms with Crippen LogP contribution in [0.15, 0.2) is 30.6 Å². The average Bonchev–Trinajstić information content (AvgIpc) is 3.11. The lowest BCUT2D eigenvalue weighted by atomic mass is 9.75. The summed E-state index contributed by atoms with van der Waals surface area (Å²) >= 11 is 0. The van der Waals surface area contributed by atoms with Gasteiger partial charge in [-0.05, 0) is 44.4 Å². The molecule has 1 aliphatic rings. The molecule has 1 aromatic heterocycles. The van der Waals surface area contributed by atoms with E-state index in [0.717, 1.165) is 24.9 Å². The highest BCUT2D eigenvalue weighted by molar-refractivity contribution is 5.77. The third-order valence-corrected chi connectivity index (χ3v) is 4.84. The molecular formula is C19H23F2N3O2. The van der Waals surface area contributed by atoms with Crippen LogP contribution in [0, 0.1) is 17.0 Å². The van der Waals surface area contributed by atoms with Gasteiger partial charge in [0.2, 0.25) is 0 Å². The first-order valence-corrected chi connectivity index (χ1v) is 8.84. The van der Waals surface area contributed by atoms with Gasteiger partial charge in [-0.15, -0.1) is 0 Å². The van der Waals surface area contributed by atoms with Gasteiger partial charge in [0.1, 0.15) is 17.5 Å². The number of rotatable bonds is 6. The molecule has 1 aliphatic heterocycles. The minimum Gasteiger partial charge on any atom is -0.466 e. The van der Waals surface area contributed by atoms with Gasteiger partial charge >= 0.3 is 5.97 Å². The molecule has 26 heavy (non-hydrogen) atoms. The van der Waals surface area contributed by atoms with Crippen LogP contribution in [0.4, 0.5) is 8.78 Å². The van der Waals surface area contributed by atoms with Crippen LogP contribution in [-0.4, -0.2) is 40.5 Å². The molecule has 1 saturated heterocycles. The second-order valence-corrected chi connectivity index (χ2v) is 6.76. The van der Waals surface area contributed by atoms with Crippen LogP contribution >= 0.6 is 0 Å². The molecule has 2 aromatic rings. The third kappa shape index (κ3) is 4.09. The smallest absolute Gasteiger partial charge is 0.313 e. The SMILES string of the molecule is CCOC(=O)C1(Cc2ccc(F)cc2F)CCCN(Cc2ncc[nH]2)C1. The number of nitrogens with zero attached hydrogens (tertiary/aromatic N) is 2. The van der Waals surface area contributed by atoms with E-state index in [1.54, 1.807) is 19.3 Å². The largest absolute Gasteiger partial charge is 0.466 e. The predicted molar refractivity (Wildman–Crippen MR) is 92.2 cm³/mol. The fourth-order valence-corrected chi connectivity index (χ4v) is 3.66. The zero-order valence-corrected chi connectivity index (χ0v) is 14.8. The number of esters is 1. The van der Waals surface area contributed by atoms with Gasteiger partial charge in [0.05, 0.1) is 18.6 Å². The van der Waals surface area contributed by atoms with Crippen molar-refractivity contribution in [3.05, 3.63) is 53.6 Å². The van der Waals surface area contributed by atoms with Crippen molar-refractivity contribution in [2.45, 2.75) is 32.7 Å². The number of benzene rings is 1. The zero-order valence-electron chi connectivity index (χ0n) is 14.8. The van der Waals surface area contributed by atoms with Crippen LogP contribution in [-0.2, 0) is 22.5 Å². The Morgan fingerprint density at radius 1 is 1.42 bits per heavy atom. The van der Waals surface area contributed by atoms with Crippen molar-refractivity contribution in [1.82, 2.24) is 14.9 Å². The van der Waals surface area contributed by atoms with E-state index in [4.69, 9.17) is 4.74 Å². The molecule has 1 aromatic carbocycles. The topological polar surface area (TPSA) is 58.2 Å². The van der Waals surface area contributed by atoms with Crippen LogP contribution in [0.1, 0.15) is 31.2 Å². The first-order valence-electron chi connectivity index (χ1n) is 8.84. The molecule has 2 heterocycles. The van der Waals surface area contributed by atoms with E-state index in [9.17, 15) is 13.6 Å². The second-order valence-electron chi connectivity index (χ2n) is 6.76. The lowest BCUT2D eigenvalue weighted by Crippen LogP contribution is -2.49. The Labute approximate surface area is 151 Å². The Bertz CT molecular complexity index is 751. The molecule has 0 saturated carbocycles. The first-order chi connectivity index (χ1) is 12.5. The maximum atomic E-state index is 14.2. The van der Waals surface area contributed by atoms with E-state index in [2.05, 4.69) is 14.9 Å². The van der Waals surface area contributed by atoms with Crippen molar-refractivity contribution >= 4 is 5.97 Å². The number of aromatic nitrogens is 2. The minimum atomic E-state index is -0.848. The highest BCUT2D eigenvalue weighted by Crippen LogP contribution is 2.36. The molecule has 140 valence electrons. The van der Waals surface area contributed by atoms with E-state index in [1.165, 1.54) is 12.1 Å². The van der Waals surface area contributed by atoms with Crippen molar-refractivity contribution < 1.29 is 18.3 Å².